The zero-order valence-electron chi connectivity index (χ0n) is 16.6. The third kappa shape index (κ3) is 3.85. The van der Waals surface area contributed by atoms with Crippen molar-refractivity contribution < 1.29 is 14.0 Å². The van der Waals surface area contributed by atoms with E-state index in [1.54, 1.807) is 0 Å². The molecule has 150 valence electrons. The first-order valence-electron chi connectivity index (χ1n) is 10.3. The van der Waals surface area contributed by atoms with E-state index >= 15 is 0 Å². The second-order valence-corrected chi connectivity index (χ2v) is 7.76. The van der Waals surface area contributed by atoms with Crippen molar-refractivity contribution in [2.75, 3.05) is 19.8 Å². The number of fused-ring (bicyclic) bond motifs is 1. The molecule has 29 heavy (non-hydrogen) atoms. The largest absolute Gasteiger partial charge is 0.490 e. The van der Waals surface area contributed by atoms with Crippen molar-refractivity contribution in [3.8, 4) is 22.9 Å². The van der Waals surface area contributed by atoms with Gasteiger partial charge < -0.3 is 14.0 Å². The Morgan fingerprint density at radius 2 is 1.83 bits per heavy atom. The molecule has 6 nitrogen and oxygen atoms in total. The second-order valence-electron chi connectivity index (χ2n) is 7.76. The lowest BCUT2D eigenvalue weighted by molar-refractivity contribution is 0.212. The predicted octanol–water partition coefficient (Wildman–Crippen LogP) is 4.54. The smallest absolute Gasteiger partial charge is 0.241 e. The Balaban J connectivity index is 1.33. The minimum Gasteiger partial charge on any atom is -0.490 e. The molecule has 0 spiro atoms. The fourth-order valence-electron chi connectivity index (χ4n) is 4.09. The van der Waals surface area contributed by atoms with Gasteiger partial charge in [0.2, 0.25) is 11.7 Å². The van der Waals surface area contributed by atoms with Crippen molar-refractivity contribution in [3.05, 3.63) is 59.5 Å². The van der Waals surface area contributed by atoms with Crippen LogP contribution in [0.1, 0.15) is 42.3 Å². The van der Waals surface area contributed by atoms with Gasteiger partial charge in [0.1, 0.15) is 0 Å². The molecule has 1 atom stereocenters. The van der Waals surface area contributed by atoms with Gasteiger partial charge in [0.05, 0.1) is 19.8 Å². The Kier molecular flexibility index (Phi) is 4.94. The van der Waals surface area contributed by atoms with Crippen molar-refractivity contribution in [1.29, 1.82) is 0 Å². The van der Waals surface area contributed by atoms with Crippen LogP contribution in [0.4, 0.5) is 0 Å². The highest BCUT2D eigenvalue weighted by atomic mass is 16.5. The summed E-state index contributed by atoms with van der Waals surface area (Å²) < 4.78 is 17.2. The maximum Gasteiger partial charge on any atom is 0.241 e. The van der Waals surface area contributed by atoms with Crippen LogP contribution in [0.3, 0.4) is 0 Å². The van der Waals surface area contributed by atoms with E-state index in [2.05, 4.69) is 46.2 Å². The van der Waals surface area contributed by atoms with Gasteiger partial charge in [0.25, 0.3) is 0 Å². The van der Waals surface area contributed by atoms with E-state index in [1.807, 2.05) is 18.2 Å². The van der Waals surface area contributed by atoms with E-state index in [9.17, 15) is 0 Å². The molecule has 0 saturated carbocycles. The number of nitrogens with zero attached hydrogens (tertiary/aromatic N) is 3. The van der Waals surface area contributed by atoms with Gasteiger partial charge in [0, 0.05) is 18.0 Å². The highest BCUT2D eigenvalue weighted by molar-refractivity contribution is 5.54. The van der Waals surface area contributed by atoms with Gasteiger partial charge in [-0.3, -0.25) is 4.90 Å². The van der Waals surface area contributed by atoms with Crippen molar-refractivity contribution in [3.63, 3.8) is 0 Å². The molecule has 0 aliphatic carbocycles. The lowest BCUT2D eigenvalue weighted by atomic mass is 10.0. The summed E-state index contributed by atoms with van der Waals surface area (Å²) in [5.41, 5.74) is 3.45. The second kappa shape index (κ2) is 7.87. The Bertz CT molecular complexity index is 983. The topological polar surface area (TPSA) is 60.6 Å². The molecule has 2 aliphatic heterocycles. The molecule has 0 N–H and O–H groups in total. The number of hydrogen-bond donors (Lipinski definition) is 0. The summed E-state index contributed by atoms with van der Waals surface area (Å²) in [4.78, 5) is 7.03. The fraction of sp³-hybridized carbons (Fsp3) is 0.391. The Hall–Kier alpha value is -2.86. The van der Waals surface area contributed by atoms with Gasteiger partial charge in [-0.2, -0.15) is 4.98 Å². The highest BCUT2D eigenvalue weighted by Gasteiger charge is 2.28. The number of aryl methyl sites for hydroxylation is 1. The maximum atomic E-state index is 5.88. The minimum atomic E-state index is 0.321. The summed E-state index contributed by atoms with van der Waals surface area (Å²) in [5, 5.41) is 4.17. The van der Waals surface area contributed by atoms with Crippen LogP contribution in [0, 0.1) is 6.92 Å². The average molecular weight is 391 g/mol. The third-order valence-corrected chi connectivity index (χ3v) is 5.64. The van der Waals surface area contributed by atoms with Crippen molar-refractivity contribution in [2.24, 2.45) is 0 Å². The first kappa shape index (κ1) is 18.2. The molecule has 0 amide bonds. The molecule has 3 heterocycles. The quantitative estimate of drug-likeness (QED) is 0.651. The number of rotatable bonds is 4. The molecule has 5 rings (SSSR count). The standard InChI is InChI=1S/C23H25N3O3/c1-16-5-7-17(8-6-16)23-24-22(29-25-23)15-26-11-2-4-19(26)18-9-10-20-21(14-18)28-13-3-12-27-20/h5-10,14,19H,2-4,11-13,15H2,1H3. The summed E-state index contributed by atoms with van der Waals surface area (Å²) >= 11 is 0. The van der Waals surface area contributed by atoms with Gasteiger partial charge in [-0.05, 0) is 44.0 Å². The first-order chi connectivity index (χ1) is 14.3. The summed E-state index contributed by atoms with van der Waals surface area (Å²) in [7, 11) is 0. The minimum absolute atomic E-state index is 0.321. The van der Waals surface area contributed by atoms with Gasteiger partial charge >= 0.3 is 0 Å². The number of hydrogen-bond acceptors (Lipinski definition) is 6. The average Bonchev–Trinajstić information content (AvgIpc) is 3.33. The van der Waals surface area contributed by atoms with E-state index in [0.29, 0.717) is 37.5 Å². The molecule has 1 saturated heterocycles. The molecule has 2 aliphatic rings. The van der Waals surface area contributed by atoms with E-state index in [4.69, 9.17) is 14.0 Å². The number of likely N-dealkylation sites (tertiary alicyclic amines) is 1. The third-order valence-electron chi connectivity index (χ3n) is 5.64. The van der Waals surface area contributed by atoms with Crippen LogP contribution in [0.5, 0.6) is 11.5 Å². The molecule has 1 unspecified atom stereocenters. The van der Waals surface area contributed by atoms with Crippen molar-refractivity contribution in [2.45, 2.75) is 38.8 Å². The Labute approximate surface area is 170 Å². The SMILES string of the molecule is Cc1ccc(-c2noc(CN3CCCC3c3ccc4c(c3)OCCCO4)n2)cc1. The normalized spacial score (nSPS) is 19.3. The first-order valence-corrected chi connectivity index (χ1v) is 10.3. The molecule has 6 heteroatoms. The molecule has 1 aromatic heterocycles. The van der Waals surface area contributed by atoms with Crippen molar-refractivity contribution >= 4 is 0 Å². The van der Waals surface area contributed by atoms with Crippen molar-refractivity contribution in [1.82, 2.24) is 15.0 Å². The van der Waals surface area contributed by atoms with Gasteiger partial charge in [-0.1, -0.05) is 41.1 Å². The van der Waals surface area contributed by atoms with E-state index in [1.165, 1.54) is 11.1 Å². The lowest BCUT2D eigenvalue weighted by Crippen LogP contribution is -2.23. The monoisotopic (exact) mass is 391 g/mol. The molecular weight excluding hydrogens is 366 g/mol. The van der Waals surface area contributed by atoms with Crippen LogP contribution in [-0.2, 0) is 6.54 Å². The van der Waals surface area contributed by atoms with Crippen LogP contribution in [0.25, 0.3) is 11.4 Å². The zero-order chi connectivity index (χ0) is 19.6. The summed E-state index contributed by atoms with van der Waals surface area (Å²) in [6.07, 6.45) is 3.18. The Morgan fingerprint density at radius 1 is 1.00 bits per heavy atom. The summed E-state index contributed by atoms with van der Waals surface area (Å²) in [6, 6.07) is 14.8. The van der Waals surface area contributed by atoms with E-state index in [0.717, 1.165) is 42.9 Å². The maximum absolute atomic E-state index is 5.88. The van der Waals surface area contributed by atoms with Gasteiger partial charge in [0.15, 0.2) is 11.5 Å². The molecule has 3 aromatic rings. The fourth-order valence-corrected chi connectivity index (χ4v) is 4.09. The number of benzene rings is 2. The summed E-state index contributed by atoms with van der Waals surface area (Å²) in [5.74, 6) is 3.00. The van der Waals surface area contributed by atoms with Crippen LogP contribution < -0.4 is 9.47 Å². The van der Waals surface area contributed by atoms with Gasteiger partial charge in [-0.15, -0.1) is 0 Å². The molecular formula is C23H25N3O3. The van der Waals surface area contributed by atoms with Crippen LogP contribution in [0.2, 0.25) is 0 Å². The molecule has 2 aromatic carbocycles. The van der Waals surface area contributed by atoms with Crippen LogP contribution in [0.15, 0.2) is 47.0 Å². The zero-order valence-corrected chi connectivity index (χ0v) is 16.6. The predicted molar refractivity (Wildman–Crippen MR) is 109 cm³/mol. The van der Waals surface area contributed by atoms with Gasteiger partial charge in [-0.25, -0.2) is 0 Å². The van der Waals surface area contributed by atoms with E-state index < -0.39 is 0 Å². The Morgan fingerprint density at radius 3 is 2.69 bits per heavy atom. The number of ether oxygens (including phenoxy) is 2. The highest BCUT2D eigenvalue weighted by Crippen LogP contribution is 2.38. The van der Waals surface area contributed by atoms with Crippen LogP contribution >= 0.6 is 0 Å². The lowest BCUT2D eigenvalue weighted by Gasteiger charge is -2.23. The molecule has 0 radical (unpaired) electrons. The van der Waals surface area contributed by atoms with Crippen LogP contribution in [-0.4, -0.2) is 34.8 Å². The number of aromatic nitrogens is 2. The molecule has 1 fully saturated rings. The molecule has 0 bridgehead atoms. The summed E-state index contributed by atoms with van der Waals surface area (Å²) in [6.45, 7) is 5.15. The van der Waals surface area contributed by atoms with E-state index in [-0.39, 0.29) is 0 Å².